The Hall–Kier alpha value is -0.570. The number of hydrogen-bond donors (Lipinski definition) is 1. The maximum Gasteiger partial charge on any atom is 0.320 e. The van der Waals surface area contributed by atoms with Crippen molar-refractivity contribution in [3.05, 3.63) is 0 Å². The van der Waals surface area contributed by atoms with Crippen molar-refractivity contribution in [2.75, 3.05) is 6.54 Å². The van der Waals surface area contributed by atoms with Gasteiger partial charge in [-0.25, -0.2) is 0 Å². The topological polar surface area (TPSA) is 38.3 Å². The summed E-state index contributed by atoms with van der Waals surface area (Å²) in [6, 6.07) is 0.580. The zero-order valence-electron chi connectivity index (χ0n) is 10.4. The first-order valence-corrected chi connectivity index (χ1v) is 6.56. The summed E-state index contributed by atoms with van der Waals surface area (Å²) in [5.74, 6) is 1.31. The Kier molecular flexibility index (Phi) is 3.85. The number of esters is 1. The van der Waals surface area contributed by atoms with E-state index in [-0.39, 0.29) is 12.1 Å². The lowest BCUT2D eigenvalue weighted by Gasteiger charge is -2.31. The maximum absolute atomic E-state index is 11.6. The molecule has 3 heteroatoms. The molecule has 0 aromatic rings. The van der Waals surface area contributed by atoms with E-state index in [4.69, 9.17) is 4.74 Å². The van der Waals surface area contributed by atoms with E-state index < -0.39 is 0 Å². The second kappa shape index (κ2) is 5.17. The maximum atomic E-state index is 11.6. The molecule has 0 bridgehead atoms. The van der Waals surface area contributed by atoms with E-state index in [9.17, 15) is 4.79 Å². The van der Waals surface area contributed by atoms with Crippen LogP contribution in [0.15, 0.2) is 0 Å². The molecule has 2 saturated carbocycles. The van der Waals surface area contributed by atoms with E-state index >= 15 is 0 Å². The molecule has 1 N–H and O–H groups in total. The minimum atomic E-state index is -0.0711. The van der Waals surface area contributed by atoms with Crippen molar-refractivity contribution in [1.29, 1.82) is 0 Å². The normalized spacial score (nSPS) is 34.8. The van der Waals surface area contributed by atoms with Crippen LogP contribution in [-0.4, -0.2) is 24.7 Å². The van der Waals surface area contributed by atoms with Gasteiger partial charge in [-0.1, -0.05) is 13.8 Å². The minimum Gasteiger partial charge on any atom is -0.461 e. The van der Waals surface area contributed by atoms with Crippen molar-refractivity contribution in [3.63, 3.8) is 0 Å². The van der Waals surface area contributed by atoms with Crippen molar-refractivity contribution in [1.82, 2.24) is 5.32 Å². The molecule has 2 fully saturated rings. The number of rotatable bonds is 4. The van der Waals surface area contributed by atoms with Crippen molar-refractivity contribution < 1.29 is 9.53 Å². The van der Waals surface area contributed by atoms with Crippen LogP contribution < -0.4 is 5.32 Å². The van der Waals surface area contributed by atoms with E-state index in [1.807, 2.05) is 0 Å². The number of hydrogen-bond acceptors (Lipinski definition) is 3. The van der Waals surface area contributed by atoms with Crippen molar-refractivity contribution >= 4 is 5.97 Å². The molecular formula is C13H23NO2. The number of carbonyl (C=O) groups excluding carboxylic acids is 1. The summed E-state index contributed by atoms with van der Waals surface area (Å²) in [7, 11) is 0. The van der Waals surface area contributed by atoms with Crippen LogP contribution >= 0.6 is 0 Å². The van der Waals surface area contributed by atoms with Crippen molar-refractivity contribution in [3.8, 4) is 0 Å². The molecule has 0 spiro atoms. The Labute approximate surface area is 97.9 Å². The average molecular weight is 225 g/mol. The fraction of sp³-hybridized carbons (Fsp3) is 0.923. The first kappa shape index (κ1) is 11.9. The van der Waals surface area contributed by atoms with Crippen molar-refractivity contribution in [2.24, 2.45) is 11.8 Å². The van der Waals surface area contributed by atoms with Gasteiger partial charge in [-0.15, -0.1) is 0 Å². The van der Waals surface area contributed by atoms with Crippen LogP contribution in [0.25, 0.3) is 0 Å². The Bertz CT molecular complexity index is 240. The van der Waals surface area contributed by atoms with Gasteiger partial charge in [0.1, 0.15) is 6.10 Å². The molecule has 2 rings (SSSR count). The molecule has 0 heterocycles. The van der Waals surface area contributed by atoms with E-state index in [0.717, 1.165) is 12.8 Å². The minimum absolute atomic E-state index is 0.0711. The van der Waals surface area contributed by atoms with Crippen molar-refractivity contribution in [2.45, 2.75) is 58.1 Å². The van der Waals surface area contributed by atoms with E-state index in [2.05, 4.69) is 19.2 Å². The summed E-state index contributed by atoms with van der Waals surface area (Å²) in [6.07, 6.45) is 5.94. The van der Waals surface area contributed by atoms with Gasteiger partial charge in [0, 0.05) is 6.04 Å². The molecule has 16 heavy (non-hydrogen) atoms. The molecule has 0 aromatic heterocycles. The summed E-state index contributed by atoms with van der Waals surface area (Å²) in [5.41, 5.74) is 0. The van der Waals surface area contributed by atoms with Crippen LogP contribution in [-0.2, 0) is 9.53 Å². The summed E-state index contributed by atoms with van der Waals surface area (Å²) in [4.78, 5) is 11.6. The second-order valence-electron chi connectivity index (χ2n) is 5.68. The highest BCUT2D eigenvalue weighted by molar-refractivity contribution is 5.71. The fourth-order valence-corrected chi connectivity index (χ4v) is 2.71. The largest absolute Gasteiger partial charge is 0.461 e. The average Bonchev–Trinajstić information content (AvgIpc) is 2.96. The van der Waals surface area contributed by atoms with Gasteiger partial charge in [0.15, 0.2) is 0 Å². The van der Waals surface area contributed by atoms with Gasteiger partial charge < -0.3 is 10.1 Å². The summed E-state index contributed by atoms with van der Waals surface area (Å²) < 4.78 is 5.51. The molecule has 0 aromatic carbocycles. The summed E-state index contributed by atoms with van der Waals surface area (Å²) in [6.45, 7) is 4.89. The first-order chi connectivity index (χ1) is 7.63. The molecule has 0 amide bonds. The van der Waals surface area contributed by atoms with E-state index in [0.29, 0.717) is 24.4 Å². The van der Waals surface area contributed by atoms with Crippen LogP contribution in [0.3, 0.4) is 0 Å². The number of ether oxygens (including phenoxy) is 1. The molecular weight excluding hydrogens is 202 g/mol. The highest BCUT2D eigenvalue weighted by atomic mass is 16.5. The third-order valence-electron chi connectivity index (χ3n) is 3.55. The lowest BCUT2D eigenvalue weighted by molar-refractivity contribution is -0.150. The molecule has 0 radical (unpaired) electrons. The Morgan fingerprint density at radius 1 is 1.19 bits per heavy atom. The molecule has 92 valence electrons. The molecule has 2 aliphatic rings. The van der Waals surface area contributed by atoms with Gasteiger partial charge in [-0.05, 0) is 43.9 Å². The first-order valence-electron chi connectivity index (χ1n) is 6.56. The highest BCUT2D eigenvalue weighted by Gasteiger charge is 2.27. The smallest absolute Gasteiger partial charge is 0.320 e. The van der Waals surface area contributed by atoms with Gasteiger partial charge >= 0.3 is 5.97 Å². The lowest BCUT2D eigenvalue weighted by atomic mass is 9.82. The molecule has 2 unspecified atom stereocenters. The second-order valence-corrected chi connectivity index (χ2v) is 5.68. The molecule has 0 saturated heterocycles. The zero-order chi connectivity index (χ0) is 11.5. The SMILES string of the molecule is CC1CC(C)CC(OC(=O)CNC2CC2)C1. The Morgan fingerprint density at radius 2 is 1.81 bits per heavy atom. The Balaban J connectivity index is 1.68. The van der Waals surface area contributed by atoms with E-state index in [1.54, 1.807) is 0 Å². The third kappa shape index (κ3) is 3.78. The molecule has 3 nitrogen and oxygen atoms in total. The fourth-order valence-electron chi connectivity index (χ4n) is 2.71. The van der Waals surface area contributed by atoms with Crippen LogP contribution in [0.4, 0.5) is 0 Å². The predicted octanol–water partition coefficient (Wildman–Crippen LogP) is 2.11. The van der Waals surface area contributed by atoms with Gasteiger partial charge in [0.05, 0.1) is 6.54 Å². The number of carbonyl (C=O) groups is 1. The van der Waals surface area contributed by atoms with Gasteiger partial charge in [0.25, 0.3) is 0 Å². The van der Waals surface area contributed by atoms with Crippen LogP contribution in [0.5, 0.6) is 0 Å². The van der Waals surface area contributed by atoms with Crippen LogP contribution in [0, 0.1) is 11.8 Å². The number of nitrogens with one attached hydrogen (secondary N) is 1. The highest BCUT2D eigenvalue weighted by Crippen LogP contribution is 2.30. The molecule has 2 aliphatic carbocycles. The summed E-state index contributed by atoms with van der Waals surface area (Å²) in [5, 5.41) is 3.19. The lowest BCUT2D eigenvalue weighted by Crippen LogP contribution is -2.33. The summed E-state index contributed by atoms with van der Waals surface area (Å²) >= 11 is 0. The van der Waals surface area contributed by atoms with E-state index in [1.165, 1.54) is 19.3 Å². The van der Waals surface area contributed by atoms with Crippen LogP contribution in [0.1, 0.15) is 46.0 Å². The van der Waals surface area contributed by atoms with Crippen LogP contribution in [0.2, 0.25) is 0 Å². The third-order valence-corrected chi connectivity index (χ3v) is 3.55. The standard InChI is InChI=1S/C13H23NO2/c1-9-5-10(2)7-12(6-9)16-13(15)8-14-11-3-4-11/h9-12,14H,3-8H2,1-2H3. The Morgan fingerprint density at radius 3 is 2.38 bits per heavy atom. The molecule has 2 atom stereocenters. The quantitative estimate of drug-likeness (QED) is 0.745. The van der Waals surface area contributed by atoms with Gasteiger partial charge in [-0.3, -0.25) is 4.79 Å². The predicted molar refractivity (Wildman–Crippen MR) is 63.1 cm³/mol. The zero-order valence-corrected chi connectivity index (χ0v) is 10.4. The monoisotopic (exact) mass is 225 g/mol. The molecule has 0 aliphatic heterocycles. The van der Waals surface area contributed by atoms with Gasteiger partial charge in [-0.2, -0.15) is 0 Å². The van der Waals surface area contributed by atoms with Gasteiger partial charge in [0.2, 0.25) is 0 Å².